The Kier molecular flexibility index (Phi) is 6.98. The second-order valence-corrected chi connectivity index (χ2v) is 8.11. The van der Waals surface area contributed by atoms with Crippen molar-refractivity contribution >= 4 is 23.4 Å². The number of rotatable bonds is 6. The van der Waals surface area contributed by atoms with Gasteiger partial charge in [0.25, 0.3) is 0 Å². The molecule has 1 fully saturated rings. The van der Waals surface area contributed by atoms with Gasteiger partial charge in [0, 0.05) is 26.2 Å². The highest BCUT2D eigenvalue weighted by molar-refractivity contribution is 6.00. The number of urea groups is 2. The van der Waals surface area contributed by atoms with Gasteiger partial charge < -0.3 is 15.5 Å². The molecule has 2 aromatic rings. The molecule has 2 N–H and O–H groups in total. The first-order valence-electron chi connectivity index (χ1n) is 10.7. The summed E-state index contributed by atoms with van der Waals surface area (Å²) < 4.78 is 0. The van der Waals surface area contributed by atoms with Crippen LogP contribution in [0.4, 0.5) is 21.0 Å². The SMILES string of the molecule is CCNC(=O)Nc1cc(C)ccc1N1CCCN(Cc2ccc(C(C)C)cc2)C1=O. The molecule has 0 bridgehead atoms. The van der Waals surface area contributed by atoms with Gasteiger partial charge >= 0.3 is 12.1 Å². The fourth-order valence-electron chi connectivity index (χ4n) is 3.69. The van der Waals surface area contributed by atoms with Crippen LogP contribution in [0.5, 0.6) is 0 Å². The van der Waals surface area contributed by atoms with Crippen molar-refractivity contribution in [2.24, 2.45) is 0 Å². The number of hydrogen-bond acceptors (Lipinski definition) is 2. The van der Waals surface area contributed by atoms with E-state index >= 15 is 0 Å². The summed E-state index contributed by atoms with van der Waals surface area (Å²) in [6, 6.07) is 14.0. The van der Waals surface area contributed by atoms with Crippen LogP contribution in [0.2, 0.25) is 0 Å². The topological polar surface area (TPSA) is 64.7 Å². The van der Waals surface area contributed by atoms with Crippen molar-refractivity contribution in [3.8, 4) is 0 Å². The fourth-order valence-corrected chi connectivity index (χ4v) is 3.69. The summed E-state index contributed by atoms with van der Waals surface area (Å²) in [5, 5.41) is 5.63. The van der Waals surface area contributed by atoms with Crippen LogP contribution in [0, 0.1) is 6.92 Å². The maximum Gasteiger partial charge on any atom is 0.324 e. The quantitative estimate of drug-likeness (QED) is 0.699. The molecule has 160 valence electrons. The number of anilines is 2. The minimum absolute atomic E-state index is 0.0306. The van der Waals surface area contributed by atoms with Crippen LogP contribution in [0.3, 0.4) is 0 Å². The minimum Gasteiger partial charge on any atom is -0.338 e. The van der Waals surface area contributed by atoms with Crippen LogP contribution >= 0.6 is 0 Å². The molecule has 3 rings (SSSR count). The van der Waals surface area contributed by atoms with Crippen molar-refractivity contribution in [3.63, 3.8) is 0 Å². The van der Waals surface area contributed by atoms with Gasteiger partial charge in [-0.05, 0) is 55.0 Å². The summed E-state index contributed by atoms with van der Waals surface area (Å²) in [7, 11) is 0. The van der Waals surface area contributed by atoms with E-state index in [9.17, 15) is 9.59 Å². The van der Waals surface area contributed by atoms with E-state index in [0.717, 1.165) is 29.8 Å². The minimum atomic E-state index is -0.268. The summed E-state index contributed by atoms with van der Waals surface area (Å²) in [6.07, 6.45) is 0.879. The number of aryl methyl sites for hydroxylation is 1. The highest BCUT2D eigenvalue weighted by Gasteiger charge is 2.28. The first kappa shape index (κ1) is 21.7. The van der Waals surface area contributed by atoms with Gasteiger partial charge in [-0.15, -0.1) is 0 Å². The average molecular weight is 409 g/mol. The predicted molar refractivity (Wildman–Crippen MR) is 122 cm³/mol. The number of carbonyl (C=O) groups excluding carboxylic acids is 2. The summed E-state index contributed by atoms with van der Waals surface area (Å²) in [6.45, 7) is 10.7. The zero-order chi connectivity index (χ0) is 21.7. The van der Waals surface area contributed by atoms with Crippen molar-refractivity contribution < 1.29 is 9.59 Å². The van der Waals surface area contributed by atoms with E-state index in [1.165, 1.54) is 5.56 Å². The van der Waals surface area contributed by atoms with Gasteiger partial charge in [-0.25, -0.2) is 9.59 Å². The normalized spacial score (nSPS) is 14.2. The molecule has 6 nitrogen and oxygen atoms in total. The van der Waals surface area contributed by atoms with E-state index in [0.29, 0.717) is 31.2 Å². The standard InChI is InChI=1S/C24H32N4O2/c1-5-25-23(29)26-21-15-18(4)7-12-22(21)28-14-6-13-27(24(28)30)16-19-8-10-20(11-9-19)17(2)3/h7-12,15,17H,5-6,13-14,16H2,1-4H3,(H2,25,26,29). The third kappa shape index (κ3) is 5.12. The third-order valence-electron chi connectivity index (χ3n) is 5.36. The first-order chi connectivity index (χ1) is 14.4. The van der Waals surface area contributed by atoms with Crippen LogP contribution in [0.1, 0.15) is 49.8 Å². The summed E-state index contributed by atoms with van der Waals surface area (Å²) in [5.74, 6) is 0.489. The van der Waals surface area contributed by atoms with E-state index in [1.54, 1.807) is 4.90 Å². The van der Waals surface area contributed by atoms with Crippen LogP contribution in [-0.2, 0) is 6.54 Å². The molecule has 0 aromatic heterocycles. The van der Waals surface area contributed by atoms with Gasteiger partial charge in [-0.1, -0.05) is 44.2 Å². The molecule has 0 aliphatic carbocycles. The Morgan fingerprint density at radius 1 is 1.10 bits per heavy atom. The Bertz CT molecular complexity index is 893. The average Bonchev–Trinajstić information content (AvgIpc) is 2.71. The number of nitrogens with zero attached hydrogens (tertiary/aromatic N) is 2. The number of benzene rings is 2. The molecular formula is C24H32N4O2. The molecule has 1 saturated heterocycles. The molecule has 0 saturated carbocycles. The Hall–Kier alpha value is -3.02. The van der Waals surface area contributed by atoms with Crippen molar-refractivity contribution in [2.45, 2.75) is 46.6 Å². The first-order valence-corrected chi connectivity index (χ1v) is 10.7. The van der Waals surface area contributed by atoms with Crippen molar-refractivity contribution in [1.29, 1.82) is 0 Å². The zero-order valence-corrected chi connectivity index (χ0v) is 18.4. The summed E-state index contributed by atoms with van der Waals surface area (Å²) >= 11 is 0. The lowest BCUT2D eigenvalue weighted by atomic mass is 10.0. The van der Waals surface area contributed by atoms with E-state index < -0.39 is 0 Å². The van der Waals surface area contributed by atoms with Crippen molar-refractivity contribution in [1.82, 2.24) is 10.2 Å². The van der Waals surface area contributed by atoms with Crippen molar-refractivity contribution in [3.05, 3.63) is 59.2 Å². The number of amides is 4. The number of nitrogens with one attached hydrogen (secondary N) is 2. The van der Waals surface area contributed by atoms with Crippen LogP contribution in [0.25, 0.3) is 0 Å². The Morgan fingerprint density at radius 3 is 2.50 bits per heavy atom. The smallest absolute Gasteiger partial charge is 0.324 e. The zero-order valence-electron chi connectivity index (χ0n) is 18.4. The second-order valence-electron chi connectivity index (χ2n) is 8.11. The maximum absolute atomic E-state index is 13.3. The molecule has 30 heavy (non-hydrogen) atoms. The molecule has 0 unspecified atom stereocenters. The third-order valence-corrected chi connectivity index (χ3v) is 5.36. The monoisotopic (exact) mass is 408 g/mol. The predicted octanol–water partition coefficient (Wildman–Crippen LogP) is 5.09. The van der Waals surface area contributed by atoms with Gasteiger partial charge in [0.05, 0.1) is 11.4 Å². The summed E-state index contributed by atoms with van der Waals surface area (Å²) in [5.41, 5.74) is 4.83. The molecule has 0 atom stereocenters. The number of hydrogen-bond donors (Lipinski definition) is 2. The molecule has 6 heteroatoms. The lowest BCUT2D eigenvalue weighted by Gasteiger charge is -2.36. The van der Waals surface area contributed by atoms with Gasteiger partial charge in [-0.3, -0.25) is 4.90 Å². The van der Waals surface area contributed by atoms with Crippen molar-refractivity contribution in [2.75, 3.05) is 29.9 Å². The van der Waals surface area contributed by atoms with Gasteiger partial charge in [0.1, 0.15) is 0 Å². The lowest BCUT2D eigenvalue weighted by Crippen LogP contribution is -2.49. The molecule has 0 radical (unpaired) electrons. The molecular weight excluding hydrogens is 376 g/mol. The van der Waals surface area contributed by atoms with Gasteiger partial charge in [0.2, 0.25) is 0 Å². The maximum atomic E-state index is 13.3. The molecule has 4 amide bonds. The number of carbonyl (C=O) groups is 2. The molecule has 1 aliphatic rings. The second kappa shape index (κ2) is 9.65. The van der Waals surface area contributed by atoms with E-state index in [4.69, 9.17) is 0 Å². The highest BCUT2D eigenvalue weighted by Crippen LogP contribution is 2.30. The molecule has 0 spiro atoms. The van der Waals surface area contributed by atoms with Gasteiger partial charge in [0.15, 0.2) is 0 Å². The lowest BCUT2D eigenvalue weighted by molar-refractivity contribution is 0.192. The van der Waals surface area contributed by atoms with Gasteiger partial charge in [-0.2, -0.15) is 0 Å². The van der Waals surface area contributed by atoms with Crippen LogP contribution in [-0.4, -0.2) is 36.6 Å². The molecule has 1 heterocycles. The van der Waals surface area contributed by atoms with E-state index in [1.807, 2.05) is 36.9 Å². The fraction of sp³-hybridized carbons (Fsp3) is 0.417. The van der Waals surface area contributed by atoms with Crippen LogP contribution in [0.15, 0.2) is 42.5 Å². The summed E-state index contributed by atoms with van der Waals surface area (Å²) in [4.78, 5) is 29.0. The van der Waals surface area contributed by atoms with Crippen LogP contribution < -0.4 is 15.5 Å². The Morgan fingerprint density at radius 2 is 1.83 bits per heavy atom. The highest BCUT2D eigenvalue weighted by atomic mass is 16.2. The Labute approximate surface area is 179 Å². The van der Waals surface area contributed by atoms with E-state index in [-0.39, 0.29) is 12.1 Å². The van der Waals surface area contributed by atoms with E-state index in [2.05, 4.69) is 48.7 Å². The largest absolute Gasteiger partial charge is 0.338 e. The molecule has 1 aliphatic heterocycles. The Balaban J connectivity index is 1.78. The molecule has 2 aromatic carbocycles.